The van der Waals surface area contributed by atoms with Gasteiger partial charge in [0.2, 0.25) is 0 Å². The van der Waals surface area contributed by atoms with E-state index in [9.17, 15) is 10.2 Å². The molecule has 0 fully saturated rings. The lowest BCUT2D eigenvalue weighted by Crippen LogP contribution is -2.51. The predicted molar refractivity (Wildman–Crippen MR) is 67.8 cm³/mol. The summed E-state index contributed by atoms with van der Waals surface area (Å²) in [5.74, 6) is 0. The first-order valence-corrected chi connectivity index (χ1v) is 6.44. The Hall–Kier alpha value is -0.420. The van der Waals surface area contributed by atoms with E-state index in [1.54, 1.807) is 11.3 Å². The lowest BCUT2D eigenvalue weighted by atomic mass is 9.97. The molecule has 0 radical (unpaired) electrons. The van der Waals surface area contributed by atoms with E-state index in [1.165, 1.54) is 9.75 Å². The number of aliphatic hydroxyl groups excluding tert-OH is 2. The molecule has 1 atom stereocenters. The highest BCUT2D eigenvalue weighted by atomic mass is 32.1. The lowest BCUT2D eigenvalue weighted by Gasteiger charge is -2.33. The fraction of sp³-hybridized carbons (Fsp3) is 0.667. The van der Waals surface area contributed by atoms with Gasteiger partial charge in [0.15, 0.2) is 0 Å². The summed E-state index contributed by atoms with van der Waals surface area (Å²) in [4.78, 5) is 2.51. The zero-order valence-corrected chi connectivity index (χ0v) is 11.0. The van der Waals surface area contributed by atoms with Crippen molar-refractivity contribution >= 4 is 11.3 Å². The monoisotopic (exact) mass is 243 g/mol. The Kier molecular flexibility index (Phi) is 4.92. The molecule has 0 aliphatic carbocycles. The van der Waals surface area contributed by atoms with E-state index in [-0.39, 0.29) is 19.3 Å². The van der Waals surface area contributed by atoms with Gasteiger partial charge in [-0.3, -0.25) is 5.32 Å². The van der Waals surface area contributed by atoms with Crippen LogP contribution in [0.3, 0.4) is 0 Å². The highest BCUT2D eigenvalue weighted by molar-refractivity contribution is 7.12. The molecule has 0 spiro atoms. The molecule has 1 aromatic heterocycles. The Bertz CT molecular complexity index is 312. The second kappa shape index (κ2) is 5.77. The van der Waals surface area contributed by atoms with Gasteiger partial charge in [0.25, 0.3) is 0 Å². The summed E-state index contributed by atoms with van der Waals surface area (Å²) in [5.41, 5.74) is -0.572. The Morgan fingerprint density at radius 2 is 2.00 bits per heavy atom. The minimum absolute atomic E-state index is 0.0469. The summed E-state index contributed by atoms with van der Waals surface area (Å²) in [6, 6.07) is 4.33. The second-order valence-electron chi connectivity index (χ2n) is 4.26. The van der Waals surface area contributed by atoms with Crippen LogP contribution in [0.5, 0.6) is 0 Å². The van der Waals surface area contributed by atoms with Crippen LogP contribution >= 0.6 is 11.3 Å². The molecule has 92 valence electrons. The molecule has 1 unspecified atom stereocenters. The van der Waals surface area contributed by atoms with Crippen LogP contribution in [0.25, 0.3) is 0 Å². The van der Waals surface area contributed by atoms with Crippen molar-refractivity contribution in [2.24, 2.45) is 0 Å². The molecule has 1 rings (SSSR count). The molecule has 3 N–H and O–H groups in total. The van der Waals surface area contributed by atoms with Gasteiger partial charge in [-0.05, 0) is 32.4 Å². The van der Waals surface area contributed by atoms with Crippen LogP contribution in [0.1, 0.15) is 36.1 Å². The van der Waals surface area contributed by atoms with E-state index in [4.69, 9.17) is 0 Å². The molecule has 1 heterocycles. The van der Waals surface area contributed by atoms with Gasteiger partial charge in [-0.15, -0.1) is 11.3 Å². The SMILES string of the molecule is CCC(CO)(CO)NC(C)c1ccc(C)s1. The summed E-state index contributed by atoms with van der Waals surface area (Å²) < 4.78 is 0. The molecule has 0 aromatic carbocycles. The van der Waals surface area contributed by atoms with Crippen molar-refractivity contribution in [2.75, 3.05) is 13.2 Å². The van der Waals surface area contributed by atoms with E-state index in [1.807, 2.05) is 6.92 Å². The maximum Gasteiger partial charge on any atom is 0.0650 e. The van der Waals surface area contributed by atoms with Gasteiger partial charge in [0.1, 0.15) is 0 Å². The number of hydrogen-bond donors (Lipinski definition) is 3. The molecule has 3 nitrogen and oxygen atoms in total. The van der Waals surface area contributed by atoms with E-state index in [0.717, 1.165) is 0 Å². The number of hydrogen-bond acceptors (Lipinski definition) is 4. The first-order valence-electron chi connectivity index (χ1n) is 5.62. The molecule has 1 aromatic rings. The van der Waals surface area contributed by atoms with E-state index in [2.05, 4.69) is 31.3 Å². The maximum atomic E-state index is 9.36. The molecule has 0 saturated heterocycles. The molecule has 0 saturated carbocycles. The van der Waals surface area contributed by atoms with Gasteiger partial charge >= 0.3 is 0 Å². The highest BCUT2D eigenvalue weighted by Gasteiger charge is 2.28. The fourth-order valence-corrected chi connectivity index (χ4v) is 2.56. The third-order valence-electron chi connectivity index (χ3n) is 2.99. The number of rotatable bonds is 6. The molecule has 0 aliphatic rings. The lowest BCUT2D eigenvalue weighted by molar-refractivity contribution is 0.0796. The van der Waals surface area contributed by atoms with Crippen LogP contribution < -0.4 is 5.32 Å². The number of aryl methyl sites for hydroxylation is 1. The first kappa shape index (κ1) is 13.6. The molecule has 0 bridgehead atoms. The highest BCUT2D eigenvalue weighted by Crippen LogP contribution is 2.25. The topological polar surface area (TPSA) is 52.5 Å². The average molecular weight is 243 g/mol. The van der Waals surface area contributed by atoms with Crippen LogP contribution in [-0.2, 0) is 0 Å². The average Bonchev–Trinajstić information content (AvgIpc) is 2.73. The predicted octanol–water partition coefficient (Wildman–Crippen LogP) is 1.84. The first-order chi connectivity index (χ1) is 7.56. The van der Waals surface area contributed by atoms with E-state index < -0.39 is 5.54 Å². The van der Waals surface area contributed by atoms with Crippen LogP contribution in [0.4, 0.5) is 0 Å². The van der Waals surface area contributed by atoms with Crippen LogP contribution in [0.15, 0.2) is 12.1 Å². The summed E-state index contributed by atoms with van der Waals surface area (Å²) in [5, 5.41) is 22.0. The maximum absolute atomic E-state index is 9.36. The van der Waals surface area contributed by atoms with Crippen LogP contribution in [-0.4, -0.2) is 29.0 Å². The van der Waals surface area contributed by atoms with E-state index >= 15 is 0 Å². The normalized spacial score (nSPS) is 14.1. The van der Waals surface area contributed by atoms with Crippen LogP contribution in [0.2, 0.25) is 0 Å². The number of aliphatic hydroxyl groups is 2. The van der Waals surface area contributed by atoms with Crippen molar-refractivity contribution in [2.45, 2.75) is 38.8 Å². The molecule has 0 amide bonds. The Morgan fingerprint density at radius 3 is 2.38 bits per heavy atom. The smallest absolute Gasteiger partial charge is 0.0650 e. The van der Waals surface area contributed by atoms with Gasteiger partial charge in [-0.2, -0.15) is 0 Å². The summed E-state index contributed by atoms with van der Waals surface area (Å²) in [6.07, 6.45) is 0.703. The van der Waals surface area contributed by atoms with Crippen LogP contribution in [0, 0.1) is 6.92 Å². The van der Waals surface area contributed by atoms with Gasteiger partial charge in [0.05, 0.1) is 18.8 Å². The summed E-state index contributed by atoms with van der Waals surface area (Å²) >= 11 is 1.74. The molecule has 4 heteroatoms. The van der Waals surface area contributed by atoms with Crippen molar-refractivity contribution in [3.8, 4) is 0 Å². The van der Waals surface area contributed by atoms with Gasteiger partial charge in [-0.25, -0.2) is 0 Å². The number of thiophene rings is 1. The summed E-state index contributed by atoms with van der Waals surface area (Å²) in [7, 11) is 0. The van der Waals surface area contributed by atoms with Crippen molar-refractivity contribution < 1.29 is 10.2 Å². The zero-order valence-electron chi connectivity index (χ0n) is 10.2. The van der Waals surface area contributed by atoms with Gasteiger partial charge in [0, 0.05) is 15.8 Å². The minimum atomic E-state index is -0.572. The second-order valence-corrected chi connectivity index (χ2v) is 5.58. The largest absolute Gasteiger partial charge is 0.394 e. The Morgan fingerprint density at radius 1 is 1.38 bits per heavy atom. The van der Waals surface area contributed by atoms with Crippen molar-refractivity contribution in [3.05, 3.63) is 21.9 Å². The Balaban J connectivity index is 2.72. The van der Waals surface area contributed by atoms with Crippen molar-refractivity contribution in [1.82, 2.24) is 5.32 Å². The third-order valence-corrected chi connectivity index (χ3v) is 4.18. The zero-order chi connectivity index (χ0) is 12.2. The molecular formula is C12H21NO2S. The van der Waals surface area contributed by atoms with Gasteiger partial charge < -0.3 is 10.2 Å². The molecule has 0 aliphatic heterocycles. The summed E-state index contributed by atoms with van der Waals surface area (Å²) in [6.45, 7) is 6.00. The van der Waals surface area contributed by atoms with Gasteiger partial charge in [-0.1, -0.05) is 6.92 Å². The van der Waals surface area contributed by atoms with Crippen molar-refractivity contribution in [1.29, 1.82) is 0 Å². The third kappa shape index (κ3) is 3.04. The quantitative estimate of drug-likeness (QED) is 0.714. The Labute approximate surface area is 101 Å². The minimum Gasteiger partial charge on any atom is -0.394 e. The molecular weight excluding hydrogens is 222 g/mol. The molecule has 16 heavy (non-hydrogen) atoms. The number of nitrogens with one attached hydrogen (secondary N) is 1. The van der Waals surface area contributed by atoms with E-state index in [0.29, 0.717) is 6.42 Å². The fourth-order valence-electron chi connectivity index (χ4n) is 1.68. The standard InChI is InChI=1S/C12H21NO2S/c1-4-12(7-14,8-15)13-10(3)11-6-5-9(2)16-11/h5-6,10,13-15H,4,7-8H2,1-3H3. The van der Waals surface area contributed by atoms with Crippen molar-refractivity contribution in [3.63, 3.8) is 0 Å².